The molecule has 6 nitrogen and oxygen atoms in total. The van der Waals surface area contributed by atoms with Crippen LogP contribution in [-0.4, -0.2) is 29.3 Å². The minimum absolute atomic E-state index is 0.109. The molecule has 1 atom stereocenters. The molecule has 0 bridgehead atoms. The number of para-hydroxylation sites is 1. The van der Waals surface area contributed by atoms with E-state index in [9.17, 15) is 9.90 Å². The average molecular weight is 314 g/mol. The molecule has 2 aromatic rings. The standard InChI is InChI=1S/C17H18N2O4/c20-16(13-9-15(23-19-13)11-5-6-11)18-10-17(21)7-8-22-14-4-2-1-3-12(14)17/h1-4,9,11,21H,5-8,10H2,(H,18,20)/t17-/m1/s1. The summed E-state index contributed by atoms with van der Waals surface area (Å²) in [5, 5.41) is 17.5. The lowest BCUT2D eigenvalue weighted by molar-refractivity contribution is -0.00167. The molecular weight excluding hydrogens is 296 g/mol. The third kappa shape index (κ3) is 2.70. The van der Waals surface area contributed by atoms with E-state index in [1.54, 1.807) is 6.07 Å². The highest BCUT2D eigenvalue weighted by atomic mass is 16.5. The minimum atomic E-state index is -1.13. The van der Waals surface area contributed by atoms with Crippen molar-refractivity contribution in [2.75, 3.05) is 13.2 Å². The van der Waals surface area contributed by atoms with Crippen molar-refractivity contribution in [1.29, 1.82) is 0 Å². The van der Waals surface area contributed by atoms with Gasteiger partial charge in [-0.3, -0.25) is 4.79 Å². The lowest BCUT2D eigenvalue weighted by atomic mass is 9.88. The molecule has 4 rings (SSSR count). The number of carbonyl (C=O) groups is 1. The van der Waals surface area contributed by atoms with Crippen molar-refractivity contribution in [3.8, 4) is 5.75 Å². The molecule has 2 aliphatic rings. The molecule has 1 fully saturated rings. The Morgan fingerprint density at radius 3 is 3.04 bits per heavy atom. The van der Waals surface area contributed by atoms with Crippen molar-refractivity contribution in [3.63, 3.8) is 0 Å². The minimum Gasteiger partial charge on any atom is -0.493 e. The topological polar surface area (TPSA) is 84.6 Å². The van der Waals surface area contributed by atoms with Gasteiger partial charge in [0.2, 0.25) is 0 Å². The van der Waals surface area contributed by atoms with Gasteiger partial charge in [0.25, 0.3) is 5.91 Å². The second kappa shape index (κ2) is 5.38. The molecule has 2 heterocycles. The summed E-state index contributed by atoms with van der Waals surface area (Å²) in [6, 6.07) is 9.04. The number of ether oxygens (including phenoxy) is 1. The average Bonchev–Trinajstić information content (AvgIpc) is 3.30. The van der Waals surface area contributed by atoms with Crippen molar-refractivity contribution in [2.45, 2.75) is 30.8 Å². The van der Waals surface area contributed by atoms with Crippen molar-refractivity contribution >= 4 is 5.91 Å². The first-order valence-electron chi connectivity index (χ1n) is 7.85. The fourth-order valence-electron chi connectivity index (χ4n) is 2.90. The van der Waals surface area contributed by atoms with Gasteiger partial charge in [0.1, 0.15) is 17.1 Å². The number of hydrogen-bond acceptors (Lipinski definition) is 5. The SMILES string of the molecule is O=C(NC[C@]1(O)CCOc2ccccc21)c1cc(C2CC2)on1. The monoisotopic (exact) mass is 314 g/mol. The van der Waals surface area contributed by atoms with Crippen molar-refractivity contribution in [1.82, 2.24) is 10.5 Å². The predicted molar refractivity (Wildman–Crippen MR) is 81.3 cm³/mol. The first-order chi connectivity index (χ1) is 11.2. The summed E-state index contributed by atoms with van der Waals surface area (Å²) in [7, 11) is 0. The number of hydrogen-bond donors (Lipinski definition) is 2. The van der Waals surface area contributed by atoms with Crippen LogP contribution in [0.1, 0.15) is 47.0 Å². The smallest absolute Gasteiger partial charge is 0.273 e. The molecular formula is C17H18N2O4. The maximum Gasteiger partial charge on any atom is 0.273 e. The van der Waals surface area contributed by atoms with Crippen LogP contribution in [0.15, 0.2) is 34.9 Å². The lowest BCUT2D eigenvalue weighted by Gasteiger charge is -2.34. The number of aliphatic hydroxyl groups is 1. The van der Waals surface area contributed by atoms with Crippen LogP contribution in [0, 0.1) is 0 Å². The summed E-state index contributed by atoms with van der Waals surface area (Å²) in [5.74, 6) is 1.51. The van der Waals surface area contributed by atoms with Gasteiger partial charge < -0.3 is 19.7 Å². The van der Waals surface area contributed by atoms with Gasteiger partial charge in [-0.25, -0.2) is 0 Å². The second-order valence-corrected chi connectivity index (χ2v) is 6.20. The molecule has 1 saturated carbocycles. The van der Waals surface area contributed by atoms with Gasteiger partial charge in [-0.2, -0.15) is 0 Å². The highest BCUT2D eigenvalue weighted by molar-refractivity contribution is 5.92. The molecule has 6 heteroatoms. The molecule has 23 heavy (non-hydrogen) atoms. The Kier molecular flexibility index (Phi) is 3.34. The van der Waals surface area contributed by atoms with E-state index in [2.05, 4.69) is 10.5 Å². The van der Waals surface area contributed by atoms with Gasteiger partial charge in [-0.15, -0.1) is 0 Å². The van der Waals surface area contributed by atoms with Crippen LogP contribution in [0.2, 0.25) is 0 Å². The quantitative estimate of drug-likeness (QED) is 0.901. The third-order valence-corrected chi connectivity index (χ3v) is 4.44. The van der Waals surface area contributed by atoms with E-state index in [-0.39, 0.29) is 18.1 Å². The molecule has 0 spiro atoms. The zero-order chi connectivity index (χ0) is 15.9. The van der Waals surface area contributed by atoms with Crippen LogP contribution in [0.4, 0.5) is 0 Å². The van der Waals surface area contributed by atoms with Gasteiger partial charge in [0.05, 0.1) is 13.2 Å². The predicted octanol–water partition coefficient (Wildman–Crippen LogP) is 1.95. The Labute approximate surface area is 133 Å². The largest absolute Gasteiger partial charge is 0.493 e. The van der Waals surface area contributed by atoms with Crippen LogP contribution < -0.4 is 10.1 Å². The number of aromatic nitrogens is 1. The first-order valence-corrected chi connectivity index (χ1v) is 7.85. The number of fused-ring (bicyclic) bond motifs is 1. The second-order valence-electron chi connectivity index (χ2n) is 6.20. The lowest BCUT2D eigenvalue weighted by Crippen LogP contribution is -2.44. The van der Waals surface area contributed by atoms with E-state index < -0.39 is 5.60 Å². The van der Waals surface area contributed by atoms with Crippen LogP contribution in [0.5, 0.6) is 5.75 Å². The zero-order valence-electron chi connectivity index (χ0n) is 12.6. The van der Waals surface area contributed by atoms with E-state index in [1.165, 1.54) is 0 Å². The highest BCUT2D eigenvalue weighted by Gasteiger charge is 2.36. The molecule has 0 radical (unpaired) electrons. The Hall–Kier alpha value is -2.34. The number of benzene rings is 1. The van der Waals surface area contributed by atoms with E-state index in [1.807, 2.05) is 24.3 Å². The Morgan fingerprint density at radius 2 is 2.22 bits per heavy atom. The number of amides is 1. The summed E-state index contributed by atoms with van der Waals surface area (Å²) in [6.07, 6.45) is 2.61. The summed E-state index contributed by atoms with van der Waals surface area (Å²) < 4.78 is 10.7. The molecule has 120 valence electrons. The maximum atomic E-state index is 12.2. The van der Waals surface area contributed by atoms with Gasteiger partial charge in [0.15, 0.2) is 5.69 Å². The number of nitrogens with zero attached hydrogens (tertiary/aromatic N) is 1. The molecule has 1 aliphatic carbocycles. The first kappa shape index (κ1) is 14.3. The van der Waals surface area contributed by atoms with E-state index >= 15 is 0 Å². The van der Waals surface area contributed by atoms with E-state index in [0.717, 1.165) is 18.6 Å². The summed E-state index contributed by atoms with van der Waals surface area (Å²) in [4.78, 5) is 12.2. The van der Waals surface area contributed by atoms with Crippen molar-refractivity contribution in [3.05, 3.63) is 47.3 Å². The number of carbonyl (C=O) groups excluding carboxylic acids is 1. The fraction of sp³-hybridized carbons (Fsp3) is 0.412. The van der Waals surface area contributed by atoms with Gasteiger partial charge >= 0.3 is 0 Å². The molecule has 0 unspecified atom stereocenters. The summed E-state index contributed by atoms with van der Waals surface area (Å²) in [6.45, 7) is 0.525. The normalized spacial score (nSPS) is 23.0. The van der Waals surface area contributed by atoms with Crippen molar-refractivity contribution in [2.24, 2.45) is 0 Å². The van der Waals surface area contributed by atoms with Crippen LogP contribution in [0.25, 0.3) is 0 Å². The van der Waals surface area contributed by atoms with Gasteiger partial charge in [-0.05, 0) is 18.9 Å². The number of rotatable bonds is 4. The van der Waals surface area contributed by atoms with Crippen LogP contribution >= 0.6 is 0 Å². The molecule has 1 aromatic heterocycles. The molecule has 0 saturated heterocycles. The summed E-state index contributed by atoms with van der Waals surface area (Å²) >= 11 is 0. The highest BCUT2D eigenvalue weighted by Crippen LogP contribution is 2.40. The van der Waals surface area contributed by atoms with Crippen LogP contribution in [0.3, 0.4) is 0 Å². The molecule has 1 amide bonds. The van der Waals surface area contributed by atoms with E-state index in [4.69, 9.17) is 9.26 Å². The molecule has 1 aliphatic heterocycles. The van der Waals surface area contributed by atoms with Gasteiger partial charge in [-0.1, -0.05) is 23.4 Å². The van der Waals surface area contributed by atoms with E-state index in [0.29, 0.717) is 30.3 Å². The Balaban J connectivity index is 1.46. The maximum absolute atomic E-state index is 12.2. The molecule has 2 N–H and O–H groups in total. The zero-order valence-corrected chi connectivity index (χ0v) is 12.6. The Morgan fingerprint density at radius 1 is 1.39 bits per heavy atom. The number of nitrogens with one attached hydrogen (secondary N) is 1. The Bertz CT molecular complexity index is 738. The fourth-order valence-corrected chi connectivity index (χ4v) is 2.90. The van der Waals surface area contributed by atoms with Crippen molar-refractivity contribution < 1.29 is 19.2 Å². The summed E-state index contributed by atoms with van der Waals surface area (Å²) in [5.41, 5.74) is -0.172. The third-order valence-electron chi connectivity index (χ3n) is 4.44. The van der Waals surface area contributed by atoms with Gasteiger partial charge in [0, 0.05) is 24.0 Å². The van der Waals surface area contributed by atoms with Crippen LogP contribution in [-0.2, 0) is 5.60 Å². The molecule has 1 aromatic carbocycles.